The van der Waals surface area contributed by atoms with E-state index in [1.165, 1.54) is 0 Å². The Morgan fingerprint density at radius 1 is 1.36 bits per heavy atom. The van der Waals surface area contributed by atoms with E-state index in [-0.39, 0.29) is 18.5 Å². The molecule has 0 radical (unpaired) electrons. The molecule has 4 N–H and O–H groups in total. The number of nitrogens with one attached hydrogen (secondary N) is 2. The Balaban J connectivity index is 4.00. The molecule has 5 heteroatoms. The Hall–Kier alpha value is -1.10. The van der Waals surface area contributed by atoms with Crippen LogP contribution in [0.4, 0.5) is 0 Å². The Labute approximate surface area is 84.4 Å². The van der Waals surface area contributed by atoms with Crippen molar-refractivity contribution in [3.8, 4) is 0 Å². The number of amides is 2. The third kappa shape index (κ3) is 4.81. The fraction of sp³-hybridized carbons (Fsp3) is 0.778. The maximum Gasteiger partial charge on any atom is 0.242 e. The molecule has 82 valence electrons. The van der Waals surface area contributed by atoms with Gasteiger partial charge >= 0.3 is 0 Å². The molecule has 0 aromatic carbocycles. The molecule has 0 unspecified atom stereocenters. The molecular formula is C9H19N3O2. The molecule has 2 amide bonds. The van der Waals surface area contributed by atoms with Crippen LogP contribution in [0.3, 0.4) is 0 Å². The number of primary amides is 1. The Morgan fingerprint density at radius 2 is 1.86 bits per heavy atom. The second-order valence-corrected chi connectivity index (χ2v) is 4.07. The van der Waals surface area contributed by atoms with Crippen LogP contribution >= 0.6 is 0 Å². The SMILES string of the molecule is CC(C)NCC(=O)NC(C)(C)C(N)=O. The van der Waals surface area contributed by atoms with Crippen LogP contribution in [0.25, 0.3) is 0 Å². The molecule has 0 aromatic heterocycles. The highest BCUT2D eigenvalue weighted by molar-refractivity contribution is 5.90. The largest absolute Gasteiger partial charge is 0.368 e. The van der Waals surface area contributed by atoms with Crippen LogP contribution in [0.1, 0.15) is 27.7 Å². The van der Waals surface area contributed by atoms with Crippen molar-refractivity contribution in [2.45, 2.75) is 39.3 Å². The third-order valence-corrected chi connectivity index (χ3v) is 1.74. The van der Waals surface area contributed by atoms with Gasteiger partial charge in [0.25, 0.3) is 0 Å². The highest BCUT2D eigenvalue weighted by Gasteiger charge is 2.26. The maximum absolute atomic E-state index is 11.3. The third-order valence-electron chi connectivity index (χ3n) is 1.74. The van der Waals surface area contributed by atoms with Crippen LogP contribution in [-0.2, 0) is 9.59 Å². The summed E-state index contributed by atoms with van der Waals surface area (Å²) in [6, 6.07) is 0.234. The average Bonchev–Trinajstić information content (AvgIpc) is 1.99. The Morgan fingerprint density at radius 3 is 2.21 bits per heavy atom. The number of hydrogen-bond acceptors (Lipinski definition) is 3. The van der Waals surface area contributed by atoms with E-state index in [1.807, 2.05) is 13.8 Å². The van der Waals surface area contributed by atoms with Crippen molar-refractivity contribution < 1.29 is 9.59 Å². The molecule has 0 aliphatic rings. The lowest BCUT2D eigenvalue weighted by Gasteiger charge is -2.22. The van der Waals surface area contributed by atoms with Gasteiger partial charge in [-0.15, -0.1) is 0 Å². The van der Waals surface area contributed by atoms with Gasteiger partial charge in [-0.1, -0.05) is 13.8 Å². The number of carbonyl (C=O) groups excluding carboxylic acids is 2. The molecule has 0 atom stereocenters. The summed E-state index contributed by atoms with van der Waals surface area (Å²) >= 11 is 0. The zero-order valence-corrected chi connectivity index (χ0v) is 9.18. The van der Waals surface area contributed by atoms with Crippen molar-refractivity contribution in [3.05, 3.63) is 0 Å². The summed E-state index contributed by atoms with van der Waals surface area (Å²) in [6.07, 6.45) is 0. The van der Waals surface area contributed by atoms with E-state index in [2.05, 4.69) is 10.6 Å². The highest BCUT2D eigenvalue weighted by Crippen LogP contribution is 1.99. The van der Waals surface area contributed by atoms with E-state index in [9.17, 15) is 9.59 Å². The van der Waals surface area contributed by atoms with Crippen molar-refractivity contribution in [1.29, 1.82) is 0 Å². The minimum Gasteiger partial charge on any atom is -0.368 e. The highest BCUT2D eigenvalue weighted by atomic mass is 16.2. The molecule has 0 fully saturated rings. The lowest BCUT2D eigenvalue weighted by atomic mass is 10.1. The minimum atomic E-state index is -0.990. The topological polar surface area (TPSA) is 84.2 Å². The van der Waals surface area contributed by atoms with Crippen molar-refractivity contribution >= 4 is 11.8 Å². The van der Waals surface area contributed by atoms with E-state index < -0.39 is 11.4 Å². The molecule has 0 heterocycles. The summed E-state index contributed by atoms with van der Waals surface area (Å²) in [7, 11) is 0. The van der Waals surface area contributed by atoms with Gasteiger partial charge in [-0.3, -0.25) is 9.59 Å². The number of carbonyl (C=O) groups is 2. The van der Waals surface area contributed by atoms with Gasteiger partial charge in [-0.05, 0) is 13.8 Å². The van der Waals surface area contributed by atoms with Crippen LogP contribution in [0, 0.1) is 0 Å². The van der Waals surface area contributed by atoms with Gasteiger partial charge < -0.3 is 16.4 Å². The monoisotopic (exact) mass is 201 g/mol. The van der Waals surface area contributed by atoms with E-state index in [4.69, 9.17) is 5.73 Å². The van der Waals surface area contributed by atoms with Crippen molar-refractivity contribution in [3.63, 3.8) is 0 Å². The van der Waals surface area contributed by atoms with Crippen LogP contribution in [0.2, 0.25) is 0 Å². The smallest absolute Gasteiger partial charge is 0.242 e. The summed E-state index contributed by atoms with van der Waals surface area (Å²) in [5, 5.41) is 5.48. The molecule has 5 nitrogen and oxygen atoms in total. The number of nitrogens with two attached hydrogens (primary N) is 1. The van der Waals surface area contributed by atoms with Gasteiger partial charge in [-0.25, -0.2) is 0 Å². The summed E-state index contributed by atoms with van der Waals surface area (Å²) in [6.45, 7) is 7.21. The van der Waals surface area contributed by atoms with E-state index in [1.54, 1.807) is 13.8 Å². The first-order chi connectivity index (χ1) is 6.25. The Kier molecular flexibility index (Phi) is 4.56. The average molecular weight is 201 g/mol. The summed E-state index contributed by atoms with van der Waals surface area (Å²) in [5.41, 5.74) is 4.11. The van der Waals surface area contributed by atoms with Gasteiger partial charge in [0, 0.05) is 6.04 Å². The number of rotatable bonds is 5. The Bertz CT molecular complexity index is 224. The molecule has 0 aliphatic carbocycles. The zero-order chi connectivity index (χ0) is 11.4. The molecule has 0 saturated carbocycles. The number of hydrogen-bond donors (Lipinski definition) is 3. The second-order valence-electron chi connectivity index (χ2n) is 4.07. The molecule has 14 heavy (non-hydrogen) atoms. The molecule has 0 rings (SSSR count). The van der Waals surface area contributed by atoms with Crippen molar-refractivity contribution in [2.75, 3.05) is 6.54 Å². The second kappa shape index (κ2) is 4.95. The van der Waals surface area contributed by atoms with Crippen LogP contribution < -0.4 is 16.4 Å². The first-order valence-corrected chi connectivity index (χ1v) is 4.60. The molecule has 0 aliphatic heterocycles. The first-order valence-electron chi connectivity index (χ1n) is 4.60. The predicted molar refractivity (Wildman–Crippen MR) is 54.6 cm³/mol. The lowest BCUT2D eigenvalue weighted by molar-refractivity contribution is -0.130. The van der Waals surface area contributed by atoms with Gasteiger partial charge in [-0.2, -0.15) is 0 Å². The van der Waals surface area contributed by atoms with Crippen LogP contribution in [-0.4, -0.2) is 29.9 Å². The fourth-order valence-corrected chi connectivity index (χ4v) is 0.751. The van der Waals surface area contributed by atoms with Gasteiger partial charge in [0.15, 0.2) is 0 Å². The predicted octanol–water partition coefficient (Wildman–Crippen LogP) is -0.635. The van der Waals surface area contributed by atoms with Gasteiger partial charge in [0.2, 0.25) is 11.8 Å². The quantitative estimate of drug-likeness (QED) is 0.553. The normalized spacial score (nSPS) is 11.5. The van der Waals surface area contributed by atoms with Crippen LogP contribution in [0.5, 0.6) is 0 Å². The summed E-state index contributed by atoms with van der Waals surface area (Å²) in [5.74, 6) is -0.780. The van der Waals surface area contributed by atoms with E-state index >= 15 is 0 Å². The molecule has 0 spiro atoms. The fourth-order valence-electron chi connectivity index (χ4n) is 0.751. The molecule has 0 aromatic rings. The van der Waals surface area contributed by atoms with Crippen molar-refractivity contribution in [1.82, 2.24) is 10.6 Å². The van der Waals surface area contributed by atoms with Crippen molar-refractivity contribution in [2.24, 2.45) is 5.73 Å². The molecule has 0 bridgehead atoms. The van der Waals surface area contributed by atoms with E-state index in [0.717, 1.165) is 0 Å². The molecule has 0 saturated heterocycles. The summed E-state index contributed by atoms with van der Waals surface area (Å²) < 4.78 is 0. The minimum absolute atomic E-state index is 0.189. The van der Waals surface area contributed by atoms with E-state index in [0.29, 0.717) is 0 Å². The zero-order valence-electron chi connectivity index (χ0n) is 9.18. The lowest BCUT2D eigenvalue weighted by Crippen LogP contribution is -2.55. The molecular weight excluding hydrogens is 182 g/mol. The van der Waals surface area contributed by atoms with Crippen LogP contribution in [0.15, 0.2) is 0 Å². The van der Waals surface area contributed by atoms with Gasteiger partial charge in [0.1, 0.15) is 5.54 Å². The first kappa shape index (κ1) is 12.9. The maximum atomic E-state index is 11.3. The summed E-state index contributed by atoms with van der Waals surface area (Å²) in [4.78, 5) is 22.2. The van der Waals surface area contributed by atoms with Gasteiger partial charge in [0.05, 0.1) is 6.54 Å². The standard InChI is InChI=1S/C9H19N3O2/c1-6(2)11-5-7(13)12-9(3,4)8(10)14/h6,11H,5H2,1-4H3,(H2,10,14)(H,12,13).